The Labute approximate surface area is 100 Å². The number of rotatable bonds is 2. The quantitative estimate of drug-likeness (QED) is 0.732. The number of carbonyl (C=O) groups excluding carboxylic acids is 1. The van der Waals surface area contributed by atoms with Gasteiger partial charge < -0.3 is 9.64 Å². The standard InChI is InChI=1S/C13H16FNO2/c1-9-7-10(14)3-4-11(9)13(16)12-8-15(2)5-6-17-12/h3-4,7,12H,5-6,8H2,1-2H3. The second-order valence-electron chi connectivity index (χ2n) is 4.45. The SMILES string of the molecule is Cc1cc(F)ccc1C(=O)C1CN(C)CCO1. The Morgan fingerprint density at radius 1 is 1.53 bits per heavy atom. The Kier molecular flexibility index (Phi) is 3.54. The van der Waals surface area contributed by atoms with Crippen LogP contribution in [-0.2, 0) is 4.74 Å². The molecule has 1 saturated heterocycles. The van der Waals surface area contributed by atoms with E-state index >= 15 is 0 Å². The van der Waals surface area contributed by atoms with E-state index in [2.05, 4.69) is 4.90 Å². The van der Waals surface area contributed by atoms with Crippen LogP contribution in [-0.4, -0.2) is 43.5 Å². The van der Waals surface area contributed by atoms with Crippen LogP contribution >= 0.6 is 0 Å². The highest BCUT2D eigenvalue weighted by molar-refractivity contribution is 6.00. The Morgan fingerprint density at radius 2 is 2.29 bits per heavy atom. The van der Waals surface area contributed by atoms with Crippen LogP contribution < -0.4 is 0 Å². The van der Waals surface area contributed by atoms with Gasteiger partial charge in [-0.3, -0.25) is 4.79 Å². The zero-order valence-corrected chi connectivity index (χ0v) is 10.1. The minimum absolute atomic E-state index is 0.0611. The highest BCUT2D eigenvalue weighted by atomic mass is 19.1. The van der Waals surface area contributed by atoms with Crippen LogP contribution in [0, 0.1) is 12.7 Å². The zero-order valence-electron chi connectivity index (χ0n) is 10.1. The van der Waals surface area contributed by atoms with E-state index in [4.69, 9.17) is 4.74 Å². The number of benzene rings is 1. The average molecular weight is 237 g/mol. The molecule has 92 valence electrons. The number of ether oxygens (including phenoxy) is 1. The number of ketones is 1. The topological polar surface area (TPSA) is 29.5 Å². The first-order valence-electron chi connectivity index (χ1n) is 5.68. The summed E-state index contributed by atoms with van der Waals surface area (Å²) in [6, 6.07) is 4.22. The number of morpholine rings is 1. The van der Waals surface area contributed by atoms with E-state index < -0.39 is 6.10 Å². The maximum atomic E-state index is 13.0. The lowest BCUT2D eigenvalue weighted by Gasteiger charge is -2.29. The average Bonchev–Trinajstić information content (AvgIpc) is 2.28. The molecule has 1 heterocycles. The smallest absolute Gasteiger partial charge is 0.193 e. The summed E-state index contributed by atoms with van der Waals surface area (Å²) < 4.78 is 18.4. The molecule has 0 spiro atoms. The van der Waals surface area contributed by atoms with Gasteiger partial charge in [-0.15, -0.1) is 0 Å². The van der Waals surface area contributed by atoms with Gasteiger partial charge in [-0.2, -0.15) is 0 Å². The molecule has 4 heteroatoms. The molecule has 0 aromatic heterocycles. The predicted octanol–water partition coefficient (Wildman–Crippen LogP) is 1.65. The van der Waals surface area contributed by atoms with Gasteiger partial charge in [0.25, 0.3) is 0 Å². The maximum Gasteiger partial charge on any atom is 0.193 e. The van der Waals surface area contributed by atoms with Gasteiger partial charge in [0, 0.05) is 18.7 Å². The molecule has 2 rings (SSSR count). The first kappa shape index (κ1) is 12.2. The lowest BCUT2D eigenvalue weighted by Crippen LogP contribution is -2.44. The summed E-state index contributed by atoms with van der Waals surface area (Å²) in [5.41, 5.74) is 1.21. The van der Waals surface area contributed by atoms with Gasteiger partial charge in [0.1, 0.15) is 11.9 Å². The lowest BCUT2D eigenvalue weighted by molar-refractivity contribution is -0.00866. The molecular weight excluding hydrogens is 221 g/mol. The van der Waals surface area contributed by atoms with Gasteiger partial charge in [-0.05, 0) is 37.7 Å². The second-order valence-corrected chi connectivity index (χ2v) is 4.45. The minimum atomic E-state index is -0.432. The van der Waals surface area contributed by atoms with Crippen LogP contribution in [0.5, 0.6) is 0 Å². The van der Waals surface area contributed by atoms with E-state index in [1.54, 1.807) is 6.92 Å². The van der Waals surface area contributed by atoms with Crippen LogP contribution in [0.2, 0.25) is 0 Å². The van der Waals surface area contributed by atoms with Gasteiger partial charge in [-0.25, -0.2) is 4.39 Å². The molecular formula is C13H16FNO2. The molecule has 1 fully saturated rings. The number of carbonyl (C=O) groups is 1. The van der Waals surface area contributed by atoms with E-state index in [-0.39, 0.29) is 11.6 Å². The van der Waals surface area contributed by atoms with Crippen LogP contribution in [0.25, 0.3) is 0 Å². The molecule has 0 N–H and O–H groups in total. The largest absolute Gasteiger partial charge is 0.367 e. The van der Waals surface area contributed by atoms with Crippen molar-refractivity contribution in [3.8, 4) is 0 Å². The molecule has 1 unspecified atom stereocenters. The van der Waals surface area contributed by atoms with E-state index in [0.717, 1.165) is 6.54 Å². The third kappa shape index (κ3) is 2.70. The maximum absolute atomic E-state index is 13.0. The first-order chi connectivity index (χ1) is 8.08. The monoisotopic (exact) mass is 237 g/mol. The van der Waals surface area contributed by atoms with Crippen molar-refractivity contribution in [2.24, 2.45) is 0 Å². The summed E-state index contributed by atoms with van der Waals surface area (Å²) in [7, 11) is 1.96. The van der Waals surface area contributed by atoms with Crippen LogP contribution in [0.4, 0.5) is 4.39 Å². The number of nitrogens with zero attached hydrogens (tertiary/aromatic N) is 1. The van der Waals surface area contributed by atoms with Crippen molar-refractivity contribution in [1.29, 1.82) is 0 Å². The molecule has 0 saturated carbocycles. The number of Topliss-reactive ketones (excluding diaryl/α,β-unsaturated/α-hetero) is 1. The molecule has 1 aromatic carbocycles. The zero-order chi connectivity index (χ0) is 12.4. The van der Waals surface area contributed by atoms with Crippen molar-refractivity contribution in [3.63, 3.8) is 0 Å². The highest BCUT2D eigenvalue weighted by Crippen LogP contribution is 2.15. The van der Waals surface area contributed by atoms with E-state index in [1.165, 1.54) is 18.2 Å². The summed E-state index contributed by atoms with van der Waals surface area (Å²) >= 11 is 0. The Balaban J connectivity index is 2.18. The van der Waals surface area contributed by atoms with Gasteiger partial charge in [0.05, 0.1) is 6.61 Å². The number of aryl methyl sites for hydroxylation is 1. The molecule has 3 nitrogen and oxygen atoms in total. The normalized spacial score (nSPS) is 21.5. The number of halogens is 1. The number of likely N-dealkylation sites (N-methyl/N-ethyl adjacent to an activating group) is 1. The van der Waals surface area contributed by atoms with E-state index in [1.807, 2.05) is 7.05 Å². The van der Waals surface area contributed by atoms with Crippen LogP contribution in [0.3, 0.4) is 0 Å². The van der Waals surface area contributed by atoms with Crippen LogP contribution in [0.1, 0.15) is 15.9 Å². The molecule has 1 aromatic rings. The van der Waals surface area contributed by atoms with E-state index in [9.17, 15) is 9.18 Å². The summed E-state index contributed by atoms with van der Waals surface area (Å²) in [5.74, 6) is -0.380. The van der Waals surface area contributed by atoms with Crippen molar-refractivity contribution < 1.29 is 13.9 Å². The van der Waals surface area contributed by atoms with Gasteiger partial charge in [0.2, 0.25) is 0 Å². The van der Waals surface area contributed by atoms with Gasteiger partial charge in [-0.1, -0.05) is 0 Å². The van der Waals surface area contributed by atoms with Crippen molar-refractivity contribution in [1.82, 2.24) is 4.90 Å². The molecule has 0 amide bonds. The minimum Gasteiger partial charge on any atom is -0.367 e. The van der Waals surface area contributed by atoms with Gasteiger partial charge in [0.15, 0.2) is 5.78 Å². The first-order valence-corrected chi connectivity index (χ1v) is 5.68. The van der Waals surface area contributed by atoms with Crippen molar-refractivity contribution >= 4 is 5.78 Å². The van der Waals surface area contributed by atoms with Gasteiger partial charge >= 0.3 is 0 Å². The number of hydrogen-bond acceptors (Lipinski definition) is 3. The lowest BCUT2D eigenvalue weighted by atomic mass is 10.00. The fourth-order valence-electron chi connectivity index (χ4n) is 2.01. The predicted molar refractivity (Wildman–Crippen MR) is 62.7 cm³/mol. The molecule has 1 aliphatic rings. The molecule has 0 aliphatic carbocycles. The second kappa shape index (κ2) is 4.94. The van der Waals surface area contributed by atoms with Crippen molar-refractivity contribution in [2.75, 3.05) is 26.7 Å². The molecule has 1 atom stereocenters. The van der Waals surface area contributed by atoms with Crippen LogP contribution in [0.15, 0.2) is 18.2 Å². The number of hydrogen-bond donors (Lipinski definition) is 0. The van der Waals surface area contributed by atoms with Crippen molar-refractivity contribution in [2.45, 2.75) is 13.0 Å². The summed E-state index contributed by atoms with van der Waals surface area (Å²) in [6.45, 7) is 3.73. The molecule has 1 aliphatic heterocycles. The third-order valence-corrected chi connectivity index (χ3v) is 3.02. The third-order valence-electron chi connectivity index (χ3n) is 3.02. The van der Waals surface area contributed by atoms with Crippen molar-refractivity contribution in [3.05, 3.63) is 35.1 Å². The summed E-state index contributed by atoms with van der Waals surface area (Å²) in [4.78, 5) is 14.3. The Hall–Kier alpha value is -1.26. The Bertz CT molecular complexity index is 433. The van der Waals surface area contributed by atoms with E-state index in [0.29, 0.717) is 24.3 Å². The fraction of sp³-hybridized carbons (Fsp3) is 0.462. The summed E-state index contributed by atoms with van der Waals surface area (Å²) in [5, 5.41) is 0. The fourth-order valence-corrected chi connectivity index (χ4v) is 2.01. The summed E-state index contributed by atoms with van der Waals surface area (Å²) in [6.07, 6.45) is -0.432. The molecule has 17 heavy (non-hydrogen) atoms. The highest BCUT2D eigenvalue weighted by Gasteiger charge is 2.26. The molecule has 0 bridgehead atoms. The molecule has 0 radical (unpaired) electrons. The Morgan fingerprint density at radius 3 is 2.94 bits per heavy atom.